The number of imidazole rings is 1. The number of hydrogen-bond donors (Lipinski definition) is 3. The van der Waals surface area contributed by atoms with E-state index in [1.54, 1.807) is 7.05 Å². The number of H-pyrrole nitrogens is 1. The molecule has 0 bridgehead atoms. The van der Waals surface area contributed by atoms with Gasteiger partial charge in [0.25, 0.3) is 0 Å². The van der Waals surface area contributed by atoms with Crippen molar-refractivity contribution in [2.45, 2.75) is 19.3 Å². The van der Waals surface area contributed by atoms with Crippen molar-refractivity contribution >= 4 is 41.0 Å². The van der Waals surface area contributed by atoms with Crippen molar-refractivity contribution in [3.63, 3.8) is 0 Å². The van der Waals surface area contributed by atoms with E-state index >= 15 is 0 Å². The van der Waals surface area contributed by atoms with Crippen molar-refractivity contribution in [3.8, 4) is 5.75 Å². The molecule has 0 saturated carbocycles. The molecular formula is C21H28IN5O. The molecule has 0 aliphatic carbocycles. The second-order valence-electron chi connectivity index (χ2n) is 6.25. The Hall–Kier alpha value is -2.29. The third kappa shape index (κ3) is 7.03. The predicted octanol–water partition coefficient (Wildman–Crippen LogP) is 3.75. The summed E-state index contributed by atoms with van der Waals surface area (Å²) in [5, 5.41) is 6.65. The minimum atomic E-state index is 0. The molecule has 0 fully saturated rings. The molecule has 3 N–H and O–H groups in total. The number of nitrogens with zero attached hydrogens (tertiary/aromatic N) is 2. The van der Waals surface area contributed by atoms with Crippen molar-refractivity contribution in [1.82, 2.24) is 20.6 Å². The van der Waals surface area contributed by atoms with E-state index < -0.39 is 0 Å². The first-order valence-electron chi connectivity index (χ1n) is 9.41. The van der Waals surface area contributed by atoms with Gasteiger partial charge in [-0.1, -0.05) is 30.3 Å². The molecule has 0 radical (unpaired) electrons. The van der Waals surface area contributed by atoms with Gasteiger partial charge in [0.1, 0.15) is 11.6 Å². The third-order valence-electron chi connectivity index (χ3n) is 4.17. The lowest BCUT2D eigenvalue weighted by molar-refractivity contribution is 0.311. The van der Waals surface area contributed by atoms with Crippen LogP contribution < -0.4 is 15.4 Å². The fraction of sp³-hybridized carbons (Fsp3) is 0.333. The van der Waals surface area contributed by atoms with Gasteiger partial charge in [0.05, 0.1) is 17.6 Å². The number of aromatic amines is 1. The third-order valence-corrected chi connectivity index (χ3v) is 4.17. The summed E-state index contributed by atoms with van der Waals surface area (Å²) in [5.74, 6) is 2.75. The van der Waals surface area contributed by atoms with E-state index in [0.29, 0.717) is 6.61 Å². The monoisotopic (exact) mass is 493 g/mol. The normalized spacial score (nSPS) is 11.1. The summed E-state index contributed by atoms with van der Waals surface area (Å²) in [6.07, 6.45) is 2.80. The summed E-state index contributed by atoms with van der Waals surface area (Å²) in [4.78, 5) is 12.2. The molecule has 0 saturated heterocycles. The Bertz CT molecular complexity index is 817. The van der Waals surface area contributed by atoms with Crippen molar-refractivity contribution < 1.29 is 4.74 Å². The Kier molecular flexibility index (Phi) is 9.61. The zero-order valence-corrected chi connectivity index (χ0v) is 18.5. The summed E-state index contributed by atoms with van der Waals surface area (Å²) in [6, 6.07) is 18.0. The number of fused-ring (bicyclic) bond motifs is 1. The van der Waals surface area contributed by atoms with Crippen molar-refractivity contribution in [2.24, 2.45) is 4.99 Å². The zero-order chi connectivity index (χ0) is 18.7. The molecular weight excluding hydrogens is 465 g/mol. The highest BCUT2D eigenvalue weighted by Gasteiger charge is 2.02. The largest absolute Gasteiger partial charge is 0.494 e. The molecule has 6 nitrogen and oxygen atoms in total. The van der Waals surface area contributed by atoms with E-state index in [0.717, 1.165) is 60.9 Å². The first-order valence-corrected chi connectivity index (χ1v) is 9.41. The van der Waals surface area contributed by atoms with Crippen LogP contribution in [0.15, 0.2) is 59.6 Å². The van der Waals surface area contributed by atoms with Gasteiger partial charge in [-0.25, -0.2) is 4.98 Å². The number of aliphatic imine (C=N–C) groups is 1. The Morgan fingerprint density at radius 1 is 1.00 bits per heavy atom. The van der Waals surface area contributed by atoms with E-state index in [4.69, 9.17) is 4.74 Å². The van der Waals surface area contributed by atoms with Crippen LogP contribution >= 0.6 is 24.0 Å². The van der Waals surface area contributed by atoms with Gasteiger partial charge in [0.15, 0.2) is 5.96 Å². The topological polar surface area (TPSA) is 74.3 Å². The minimum Gasteiger partial charge on any atom is -0.494 e. The quantitative estimate of drug-likeness (QED) is 0.184. The number of para-hydroxylation sites is 3. The summed E-state index contributed by atoms with van der Waals surface area (Å²) >= 11 is 0. The molecule has 3 rings (SSSR count). The molecule has 0 amide bonds. The maximum absolute atomic E-state index is 5.68. The number of rotatable bonds is 9. The van der Waals surface area contributed by atoms with Crippen LogP contribution in [0.25, 0.3) is 11.0 Å². The molecule has 2 aromatic carbocycles. The van der Waals surface area contributed by atoms with Crippen molar-refractivity contribution in [3.05, 3.63) is 60.4 Å². The van der Waals surface area contributed by atoms with Gasteiger partial charge in [-0.05, 0) is 37.1 Å². The number of nitrogens with one attached hydrogen (secondary N) is 3. The number of halogens is 1. The number of benzene rings is 2. The molecule has 0 aliphatic rings. The van der Waals surface area contributed by atoms with Gasteiger partial charge in [0.2, 0.25) is 0 Å². The maximum atomic E-state index is 5.68. The Labute approximate surface area is 183 Å². The number of ether oxygens (including phenoxy) is 1. The fourth-order valence-corrected chi connectivity index (χ4v) is 2.79. The Balaban J connectivity index is 0.00000280. The molecule has 0 unspecified atom stereocenters. The molecule has 28 heavy (non-hydrogen) atoms. The number of hydrogen-bond acceptors (Lipinski definition) is 3. The Morgan fingerprint density at radius 3 is 2.46 bits per heavy atom. The second kappa shape index (κ2) is 12.2. The molecule has 1 aromatic heterocycles. The summed E-state index contributed by atoms with van der Waals surface area (Å²) in [5.41, 5.74) is 2.12. The van der Waals surface area contributed by atoms with E-state index in [-0.39, 0.29) is 24.0 Å². The van der Waals surface area contributed by atoms with Crippen LogP contribution in [0.4, 0.5) is 0 Å². The lowest BCUT2D eigenvalue weighted by atomic mass is 10.3. The molecule has 0 aliphatic heterocycles. The number of aromatic nitrogens is 2. The molecule has 0 spiro atoms. The maximum Gasteiger partial charge on any atom is 0.190 e. The SMILES string of the molecule is CN=C(NCCCOc1ccccc1)NCCCc1nc2ccccc2[nH]1.I. The van der Waals surface area contributed by atoms with E-state index in [9.17, 15) is 0 Å². The molecule has 150 valence electrons. The first-order chi connectivity index (χ1) is 13.3. The van der Waals surface area contributed by atoms with Crippen LogP contribution in [0.3, 0.4) is 0 Å². The van der Waals surface area contributed by atoms with Gasteiger partial charge >= 0.3 is 0 Å². The average molecular weight is 493 g/mol. The van der Waals surface area contributed by atoms with Crippen LogP contribution in [0.1, 0.15) is 18.7 Å². The van der Waals surface area contributed by atoms with Crippen LogP contribution in [-0.4, -0.2) is 42.7 Å². The highest BCUT2D eigenvalue weighted by Crippen LogP contribution is 2.11. The zero-order valence-electron chi connectivity index (χ0n) is 16.1. The highest BCUT2D eigenvalue weighted by molar-refractivity contribution is 14.0. The van der Waals surface area contributed by atoms with Gasteiger partial charge < -0.3 is 20.4 Å². The molecule has 3 aromatic rings. The fourth-order valence-electron chi connectivity index (χ4n) is 2.79. The summed E-state index contributed by atoms with van der Waals surface area (Å²) < 4.78 is 5.68. The molecule has 0 atom stereocenters. The van der Waals surface area contributed by atoms with E-state index in [2.05, 4.69) is 31.7 Å². The standard InChI is InChI=1S/C21H27N5O.HI/c1-22-21(24-15-8-16-27-17-9-3-2-4-10-17)23-14-7-13-20-25-18-11-5-6-12-19(18)26-20;/h2-6,9-12H,7-8,13-16H2,1H3,(H,25,26)(H2,22,23,24);1H. The van der Waals surface area contributed by atoms with Crippen LogP contribution in [0.5, 0.6) is 5.75 Å². The molecule has 7 heteroatoms. The first kappa shape index (κ1) is 22.0. The summed E-state index contributed by atoms with van der Waals surface area (Å²) in [7, 11) is 1.79. The lowest BCUT2D eigenvalue weighted by Gasteiger charge is -2.12. The van der Waals surface area contributed by atoms with Gasteiger partial charge in [0, 0.05) is 26.6 Å². The van der Waals surface area contributed by atoms with Crippen LogP contribution in [0.2, 0.25) is 0 Å². The van der Waals surface area contributed by atoms with Crippen molar-refractivity contribution in [1.29, 1.82) is 0 Å². The lowest BCUT2D eigenvalue weighted by Crippen LogP contribution is -2.38. The average Bonchev–Trinajstić information content (AvgIpc) is 3.13. The Morgan fingerprint density at radius 2 is 1.71 bits per heavy atom. The van der Waals surface area contributed by atoms with Gasteiger partial charge in [-0.2, -0.15) is 0 Å². The van der Waals surface area contributed by atoms with E-state index in [1.807, 2.05) is 48.5 Å². The predicted molar refractivity (Wildman–Crippen MR) is 126 cm³/mol. The minimum absolute atomic E-state index is 0. The van der Waals surface area contributed by atoms with E-state index in [1.165, 1.54) is 0 Å². The van der Waals surface area contributed by atoms with Crippen LogP contribution in [-0.2, 0) is 6.42 Å². The highest BCUT2D eigenvalue weighted by atomic mass is 127. The van der Waals surface area contributed by atoms with Crippen molar-refractivity contribution in [2.75, 3.05) is 26.7 Å². The smallest absolute Gasteiger partial charge is 0.190 e. The van der Waals surface area contributed by atoms with Gasteiger partial charge in [-0.15, -0.1) is 24.0 Å². The second-order valence-corrected chi connectivity index (χ2v) is 6.25. The van der Waals surface area contributed by atoms with Gasteiger partial charge in [-0.3, -0.25) is 4.99 Å². The number of guanidine groups is 1. The van der Waals surface area contributed by atoms with Crippen LogP contribution in [0, 0.1) is 0 Å². The summed E-state index contributed by atoms with van der Waals surface area (Å²) in [6.45, 7) is 2.34. The number of aryl methyl sites for hydroxylation is 1. The molecule has 1 heterocycles.